The number of aryl methyl sites for hydroxylation is 2. The number of hydrogen-bond acceptors (Lipinski definition) is 5. The van der Waals surface area contributed by atoms with Gasteiger partial charge in [-0.15, -0.1) is 0 Å². The highest BCUT2D eigenvalue weighted by molar-refractivity contribution is 7.92. The SMILES string of the molecule is CCc1ccc(N(CC(=O)Nc2ccc3c(c2)sc(=O)n3CC)S(C)(=O)=O)cc1. The molecule has 0 spiro atoms. The lowest BCUT2D eigenvalue weighted by Crippen LogP contribution is -2.37. The van der Waals surface area contributed by atoms with Gasteiger partial charge < -0.3 is 5.32 Å². The average Bonchev–Trinajstić information content (AvgIpc) is 2.99. The Bertz CT molecular complexity index is 1190. The monoisotopic (exact) mass is 433 g/mol. The largest absolute Gasteiger partial charge is 0.324 e. The Morgan fingerprint density at radius 1 is 1.14 bits per heavy atom. The van der Waals surface area contributed by atoms with E-state index in [1.807, 2.05) is 26.0 Å². The molecule has 7 nitrogen and oxygen atoms in total. The van der Waals surface area contributed by atoms with Gasteiger partial charge in [-0.25, -0.2) is 8.42 Å². The maximum absolute atomic E-state index is 12.5. The summed E-state index contributed by atoms with van der Waals surface area (Å²) in [5.41, 5.74) is 2.85. The van der Waals surface area contributed by atoms with Crippen molar-refractivity contribution in [3.8, 4) is 0 Å². The number of hydrogen-bond donors (Lipinski definition) is 1. The molecule has 0 aliphatic heterocycles. The van der Waals surface area contributed by atoms with Crippen LogP contribution in [0.25, 0.3) is 10.2 Å². The number of benzene rings is 2. The second-order valence-electron chi connectivity index (χ2n) is 6.63. The molecule has 0 fully saturated rings. The summed E-state index contributed by atoms with van der Waals surface area (Å²) in [5, 5.41) is 2.73. The molecule has 2 aromatic carbocycles. The van der Waals surface area contributed by atoms with Crippen molar-refractivity contribution in [3.05, 3.63) is 57.7 Å². The molecule has 0 aliphatic rings. The molecule has 3 rings (SSSR count). The van der Waals surface area contributed by atoms with Crippen LogP contribution in [0.4, 0.5) is 11.4 Å². The van der Waals surface area contributed by atoms with Crippen LogP contribution in [0.3, 0.4) is 0 Å². The molecule has 0 atom stereocenters. The van der Waals surface area contributed by atoms with Gasteiger partial charge >= 0.3 is 4.87 Å². The Kier molecular flexibility index (Phi) is 6.09. The van der Waals surface area contributed by atoms with Gasteiger partial charge in [0.1, 0.15) is 6.54 Å². The lowest BCUT2D eigenvalue weighted by Gasteiger charge is -2.22. The van der Waals surface area contributed by atoms with Gasteiger partial charge in [0.25, 0.3) is 0 Å². The maximum atomic E-state index is 12.5. The van der Waals surface area contributed by atoms with Crippen molar-refractivity contribution in [1.29, 1.82) is 0 Å². The summed E-state index contributed by atoms with van der Waals surface area (Å²) in [6.07, 6.45) is 1.92. The molecule has 0 unspecified atom stereocenters. The van der Waals surface area contributed by atoms with Gasteiger partial charge in [-0.05, 0) is 49.2 Å². The van der Waals surface area contributed by atoms with Gasteiger partial charge in [0.15, 0.2) is 0 Å². The number of carbonyl (C=O) groups excluding carboxylic acids is 1. The number of rotatable bonds is 7. The van der Waals surface area contributed by atoms with E-state index < -0.39 is 15.9 Å². The fraction of sp³-hybridized carbons (Fsp3) is 0.300. The molecule has 1 amide bonds. The number of amides is 1. The van der Waals surface area contributed by atoms with Crippen molar-refractivity contribution in [3.63, 3.8) is 0 Å². The normalized spacial score (nSPS) is 11.6. The van der Waals surface area contributed by atoms with Crippen LogP contribution in [0, 0.1) is 0 Å². The van der Waals surface area contributed by atoms with Gasteiger partial charge in [0, 0.05) is 12.2 Å². The molecule has 29 heavy (non-hydrogen) atoms. The maximum Gasteiger partial charge on any atom is 0.308 e. The third-order valence-electron chi connectivity index (χ3n) is 4.59. The van der Waals surface area contributed by atoms with Crippen LogP contribution in [-0.4, -0.2) is 31.7 Å². The summed E-state index contributed by atoms with van der Waals surface area (Å²) in [7, 11) is -3.64. The van der Waals surface area contributed by atoms with E-state index in [4.69, 9.17) is 0 Å². The lowest BCUT2D eigenvalue weighted by molar-refractivity contribution is -0.114. The van der Waals surface area contributed by atoms with Crippen LogP contribution in [0.5, 0.6) is 0 Å². The highest BCUT2D eigenvalue weighted by Crippen LogP contribution is 2.23. The van der Waals surface area contributed by atoms with Crippen LogP contribution in [0.2, 0.25) is 0 Å². The summed E-state index contributed by atoms with van der Waals surface area (Å²) in [6, 6.07) is 12.3. The van der Waals surface area contributed by atoms with Crippen molar-refractivity contribution in [2.75, 3.05) is 22.4 Å². The molecule has 1 heterocycles. The second-order valence-corrected chi connectivity index (χ2v) is 9.53. The predicted octanol–water partition coefficient (Wildman–Crippen LogP) is 3.05. The molecule has 1 N–H and O–H groups in total. The topological polar surface area (TPSA) is 88.5 Å². The summed E-state index contributed by atoms with van der Waals surface area (Å²) in [6.45, 7) is 4.15. The third kappa shape index (κ3) is 4.68. The van der Waals surface area contributed by atoms with Crippen LogP contribution in [0.1, 0.15) is 19.4 Å². The van der Waals surface area contributed by atoms with Gasteiger partial charge in [0.2, 0.25) is 15.9 Å². The number of nitrogens with one attached hydrogen (secondary N) is 1. The number of nitrogens with zero attached hydrogens (tertiary/aromatic N) is 2. The standard InChI is InChI=1S/C20H23N3O4S2/c1-4-14-6-9-16(10-7-14)23(29(3,26)27)13-19(24)21-15-8-11-17-18(12-15)28-20(25)22(17)5-2/h6-12H,4-5,13H2,1-3H3,(H,21,24). The molecular weight excluding hydrogens is 410 g/mol. The summed E-state index contributed by atoms with van der Waals surface area (Å²) in [4.78, 5) is 24.5. The fourth-order valence-corrected chi connectivity index (χ4v) is 4.92. The van der Waals surface area contributed by atoms with E-state index in [1.54, 1.807) is 34.9 Å². The van der Waals surface area contributed by atoms with E-state index in [9.17, 15) is 18.0 Å². The smallest absolute Gasteiger partial charge is 0.308 e. The first-order valence-corrected chi connectivity index (χ1v) is 11.9. The highest BCUT2D eigenvalue weighted by Gasteiger charge is 2.21. The van der Waals surface area contributed by atoms with E-state index in [2.05, 4.69) is 5.32 Å². The van der Waals surface area contributed by atoms with Gasteiger partial charge in [-0.2, -0.15) is 0 Å². The minimum absolute atomic E-state index is 0.0512. The number of carbonyl (C=O) groups is 1. The zero-order valence-corrected chi connectivity index (χ0v) is 18.1. The Balaban J connectivity index is 1.81. The molecule has 0 aliphatic carbocycles. The molecule has 3 aromatic rings. The molecule has 0 saturated heterocycles. The quantitative estimate of drug-likeness (QED) is 0.620. The highest BCUT2D eigenvalue weighted by atomic mass is 32.2. The van der Waals surface area contributed by atoms with Gasteiger partial charge in [-0.3, -0.25) is 18.5 Å². The van der Waals surface area contributed by atoms with Crippen LogP contribution >= 0.6 is 11.3 Å². The molecule has 0 saturated carbocycles. The zero-order chi connectivity index (χ0) is 21.2. The van der Waals surface area contributed by atoms with Crippen LogP contribution in [-0.2, 0) is 27.8 Å². The molecule has 0 radical (unpaired) electrons. The van der Waals surface area contributed by atoms with Crippen molar-refractivity contribution >= 4 is 48.9 Å². The number of sulfonamides is 1. The summed E-state index contributed by atoms with van der Waals surface area (Å²) >= 11 is 1.11. The van der Waals surface area contributed by atoms with Crippen molar-refractivity contribution in [1.82, 2.24) is 4.57 Å². The summed E-state index contributed by atoms with van der Waals surface area (Å²) < 4.78 is 28.0. The lowest BCUT2D eigenvalue weighted by atomic mass is 10.1. The minimum Gasteiger partial charge on any atom is -0.324 e. The van der Waals surface area contributed by atoms with Crippen molar-refractivity contribution < 1.29 is 13.2 Å². The summed E-state index contributed by atoms with van der Waals surface area (Å²) in [5.74, 6) is -0.461. The first kappa shape index (κ1) is 21.1. The second kappa shape index (κ2) is 8.38. The van der Waals surface area contributed by atoms with Crippen molar-refractivity contribution in [2.45, 2.75) is 26.8 Å². The minimum atomic E-state index is -3.64. The Hall–Kier alpha value is -2.65. The van der Waals surface area contributed by atoms with E-state index >= 15 is 0 Å². The van der Waals surface area contributed by atoms with E-state index in [1.165, 1.54) is 0 Å². The van der Waals surface area contributed by atoms with Gasteiger partial charge in [0.05, 0.1) is 22.2 Å². The molecule has 154 valence electrons. The number of aromatic nitrogens is 1. The van der Waals surface area contributed by atoms with Gasteiger partial charge in [-0.1, -0.05) is 30.4 Å². The van der Waals surface area contributed by atoms with Crippen LogP contribution < -0.4 is 14.5 Å². The number of anilines is 2. The van der Waals surface area contributed by atoms with E-state index in [0.717, 1.165) is 44.1 Å². The van der Waals surface area contributed by atoms with E-state index in [0.29, 0.717) is 17.9 Å². The molecule has 9 heteroatoms. The first-order chi connectivity index (χ1) is 13.7. The van der Waals surface area contributed by atoms with E-state index in [-0.39, 0.29) is 11.4 Å². The molecular formula is C20H23N3O4S2. The van der Waals surface area contributed by atoms with Crippen molar-refractivity contribution in [2.24, 2.45) is 0 Å². The average molecular weight is 434 g/mol. The van der Waals surface area contributed by atoms with Crippen LogP contribution in [0.15, 0.2) is 47.3 Å². The Labute approximate surface area is 173 Å². The zero-order valence-electron chi connectivity index (χ0n) is 16.5. The first-order valence-electron chi connectivity index (χ1n) is 9.22. The molecule has 0 bridgehead atoms. The number of thiazole rings is 1. The third-order valence-corrected chi connectivity index (χ3v) is 6.67. The fourth-order valence-electron chi connectivity index (χ4n) is 3.07. The number of fused-ring (bicyclic) bond motifs is 1. The predicted molar refractivity (Wildman–Crippen MR) is 118 cm³/mol. The molecule has 1 aromatic heterocycles. The Morgan fingerprint density at radius 2 is 1.83 bits per heavy atom. The Morgan fingerprint density at radius 3 is 2.41 bits per heavy atom.